The van der Waals surface area contributed by atoms with Gasteiger partial charge in [0.1, 0.15) is 16.5 Å². The van der Waals surface area contributed by atoms with Crippen LogP contribution in [0.3, 0.4) is 0 Å². The second-order valence-electron chi connectivity index (χ2n) is 4.47. The Labute approximate surface area is 134 Å². The predicted molar refractivity (Wildman–Crippen MR) is 79.2 cm³/mol. The minimum atomic E-state index is -2.71. The van der Waals surface area contributed by atoms with Crippen LogP contribution in [-0.2, 0) is 0 Å². The molecule has 2 aromatic heterocycles. The van der Waals surface area contributed by atoms with Gasteiger partial charge in [-0.15, -0.1) is 0 Å². The second kappa shape index (κ2) is 7.23. The zero-order valence-electron chi connectivity index (χ0n) is 12.2. The summed E-state index contributed by atoms with van der Waals surface area (Å²) in [6.07, 6.45) is 1.30. The van der Waals surface area contributed by atoms with Gasteiger partial charge in [0, 0.05) is 6.20 Å². The van der Waals surface area contributed by atoms with Crippen LogP contribution in [0.4, 0.5) is 8.78 Å². The molecule has 2 N–H and O–H groups in total. The molecule has 2 heterocycles. The number of alkyl halides is 2. The number of aryl methyl sites for hydroxylation is 2. The van der Waals surface area contributed by atoms with Crippen LogP contribution in [-0.4, -0.2) is 22.6 Å². The van der Waals surface area contributed by atoms with Crippen molar-refractivity contribution in [2.75, 3.05) is 0 Å². The van der Waals surface area contributed by atoms with E-state index in [0.717, 1.165) is 0 Å². The number of carbonyl (C=O) groups excluding carboxylic acids is 2. The van der Waals surface area contributed by atoms with Gasteiger partial charge in [0.05, 0.1) is 11.1 Å². The van der Waals surface area contributed by atoms with Gasteiger partial charge in [-0.25, -0.2) is 4.98 Å². The van der Waals surface area contributed by atoms with Crippen LogP contribution in [0.5, 0.6) is 0 Å². The van der Waals surface area contributed by atoms with Crippen molar-refractivity contribution in [3.8, 4) is 0 Å². The SMILES string of the molecule is Cc1cc(C(=O)NNC(=O)c2cccnc2SC(F)F)c(C)o1. The number of nitrogens with zero attached hydrogens (tertiary/aromatic N) is 1. The van der Waals surface area contributed by atoms with Gasteiger partial charge in [0.25, 0.3) is 17.6 Å². The zero-order chi connectivity index (χ0) is 17.0. The summed E-state index contributed by atoms with van der Waals surface area (Å²) < 4.78 is 30.1. The van der Waals surface area contributed by atoms with Crippen molar-refractivity contribution < 1.29 is 22.8 Å². The first-order valence-electron chi connectivity index (χ1n) is 6.46. The van der Waals surface area contributed by atoms with Gasteiger partial charge in [0.2, 0.25) is 0 Å². The molecule has 2 amide bonds. The van der Waals surface area contributed by atoms with Gasteiger partial charge in [0.15, 0.2) is 0 Å². The average Bonchev–Trinajstić information content (AvgIpc) is 2.83. The Balaban J connectivity index is 2.05. The number of hydrogen-bond donors (Lipinski definition) is 2. The number of pyridine rings is 1. The fourth-order valence-electron chi connectivity index (χ4n) is 1.85. The zero-order valence-corrected chi connectivity index (χ0v) is 13.0. The normalized spacial score (nSPS) is 10.7. The molecule has 0 saturated heterocycles. The summed E-state index contributed by atoms with van der Waals surface area (Å²) in [5.41, 5.74) is 4.59. The Kier molecular flexibility index (Phi) is 5.32. The van der Waals surface area contributed by atoms with Crippen LogP contribution in [0, 0.1) is 13.8 Å². The maximum absolute atomic E-state index is 12.5. The van der Waals surface area contributed by atoms with Gasteiger partial charge in [-0.1, -0.05) is 0 Å². The van der Waals surface area contributed by atoms with Crippen molar-refractivity contribution in [2.24, 2.45) is 0 Å². The summed E-state index contributed by atoms with van der Waals surface area (Å²) in [5.74, 6) is -3.05. The lowest BCUT2D eigenvalue weighted by atomic mass is 10.2. The molecule has 0 bridgehead atoms. The van der Waals surface area contributed by atoms with E-state index in [1.165, 1.54) is 24.4 Å². The highest BCUT2D eigenvalue weighted by Gasteiger charge is 2.18. The number of furan rings is 1. The van der Waals surface area contributed by atoms with E-state index in [1.54, 1.807) is 13.8 Å². The van der Waals surface area contributed by atoms with Gasteiger partial charge in [-0.2, -0.15) is 8.78 Å². The third-order valence-electron chi connectivity index (χ3n) is 2.79. The molecule has 0 aliphatic rings. The minimum absolute atomic E-state index is 0.0572. The van der Waals surface area contributed by atoms with E-state index < -0.39 is 17.6 Å². The second-order valence-corrected chi connectivity index (χ2v) is 5.45. The molecule has 0 atom stereocenters. The maximum Gasteiger partial charge on any atom is 0.290 e. The Morgan fingerprint density at radius 1 is 1.22 bits per heavy atom. The average molecular weight is 341 g/mol. The smallest absolute Gasteiger partial charge is 0.290 e. The molecule has 122 valence electrons. The number of hydrazine groups is 1. The highest BCUT2D eigenvalue weighted by atomic mass is 32.2. The van der Waals surface area contributed by atoms with Crippen LogP contribution in [0.2, 0.25) is 0 Å². The van der Waals surface area contributed by atoms with Crippen LogP contribution in [0.1, 0.15) is 32.2 Å². The largest absolute Gasteiger partial charge is 0.466 e. The third kappa shape index (κ3) is 4.28. The van der Waals surface area contributed by atoms with E-state index in [1.807, 2.05) is 0 Å². The van der Waals surface area contributed by atoms with Gasteiger partial charge < -0.3 is 4.42 Å². The van der Waals surface area contributed by atoms with Crippen molar-refractivity contribution in [1.29, 1.82) is 0 Å². The van der Waals surface area contributed by atoms with Crippen molar-refractivity contribution in [3.05, 3.63) is 47.0 Å². The lowest BCUT2D eigenvalue weighted by molar-refractivity contribution is 0.0843. The lowest BCUT2D eigenvalue weighted by Crippen LogP contribution is -2.42. The third-order valence-corrected chi connectivity index (χ3v) is 3.52. The van der Waals surface area contributed by atoms with Crippen LogP contribution in [0.25, 0.3) is 0 Å². The highest BCUT2D eigenvalue weighted by Crippen LogP contribution is 2.26. The summed E-state index contributed by atoms with van der Waals surface area (Å²) in [6, 6.07) is 4.31. The number of rotatable bonds is 4. The molecular formula is C14H13F2N3O3S. The van der Waals surface area contributed by atoms with Crippen LogP contribution < -0.4 is 10.9 Å². The number of aromatic nitrogens is 1. The molecule has 0 aromatic carbocycles. The number of carbonyl (C=O) groups is 2. The topological polar surface area (TPSA) is 84.2 Å². The molecule has 0 radical (unpaired) electrons. The molecule has 0 aliphatic carbocycles. The van der Waals surface area contributed by atoms with E-state index >= 15 is 0 Å². The Bertz CT molecular complexity index is 734. The molecule has 23 heavy (non-hydrogen) atoms. The lowest BCUT2D eigenvalue weighted by Gasteiger charge is -2.09. The minimum Gasteiger partial charge on any atom is -0.466 e. The van der Waals surface area contributed by atoms with Crippen LogP contribution >= 0.6 is 11.8 Å². The first-order valence-corrected chi connectivity index (χ1v) is 7.34. The predicted octanol–water partition coefficient (Wildman–Crippen LogP) is 2.68. The molecule has 2 aromatic rings. The Morgan fingerprint density at radius 2 is 1.87 bits per heavy atom. The van der Waals surface area contributed by atoms with Crippen molar-refractivity contribution in [3.63, 3.8) is 0 Å². The monoisotopic (exact) mass is 341 g/mol. The van der Waals surface area contributed by atoms with E-state index in [9.17, 15) is 18.4 Å². The first-order chi connectivity index (χ1) is 10.9. The fourth-order valence-corrected chi connectivity index (χ4v) is 2.42. The number of hydrogen-bond acceptors (Lipinski definition) is 5. The van der Waals surface area contributed by atoms with Crippen LogP contribution in [0.15, 0.2) is 33.8 Å². The summed E-state index contributed by atoms with van der Waals surface area (Å²) >= 11 is 0.157. The molecule has 9 heteroatoms. The quantitative estimate of drug-likeness (QED) is 0.660. The van der Waals surface area contributed by atoms with Gasteiger partial charge >= 0.3 is 0 Å². The number of thioether (sulfide) groups is 1. The molecule has 0 saturated carbocycles. The summed E-state index contributed by atoms with van der Waals surface area (Å²) in [7, 11) is 0. The Hall–Kier alpha value is -2.42. The molecule has 0 fully saturated rings. The summed E-state index contributed by atoms with van der Waals surface area (Å²) in [5, 5.41) is -0.121. The summed E-state index contributed by atoms with van der Waals surface area (Å²) in [6.45, 7) is 3.30. The molecular weight excluding hydrogens is 328 g/mol. The molecule has 0 unspecified atom stereocenters. The fraction of sp³-hybridized carbons (Fsp3) is 0.214. The molecule has 2 rings (SSSR count). The number of amides is 2. The number of halogens is 2. The van der Waals surface area contributed by atoms with E-state index in [2.05, 4.69) is 15.8 Å². The first kappa shape index (κ1) is 16.9. The maximum atomic E-state index is 12.5. The summed E-state index contributed by atoms with van der Waals surface area (Å²) in [4.78, 5) is 27.7. The number of nitrogens with one attached hydrogen (secondary N) is 2. The van der Waals surface area contributed by atoms with Crippen molar-refractivity contribution in [2.45, 2.75) is 24.6 Å². The Morgan fingerprint density at radius 3 is 2.43 bits per heavy atom. The molecule has 0 spiro atoms. The van der Waals surface area contributed by atoms with E-state index in [-0.39, 0.29) is 27.9 Å². The van der Waals surface area contributed by atoms with Gasteiger partial charge in [-0.05, 0) is 43.8 Å². The highest BCUT2D eigenvalue weighted by molar-refractivity contribution is 7.99. The van der Waals surface area contributed by atoms with Gasteiger partial charge in [-0.3, -0.25) is 20.4 Å². The van der Waals surface area contributed by atoms with E-state index in [4.69, 9.17) is 4.42 Å². The van der Waals surface area contributed by atoms with Crippen molar-refractivity contribution >= 4 is 23.6 Å². The standard InChI is InChI=1S/C14H13F2N3O3S/c1-7-6-10(8(2)22-7)12(21)19-18-11(20)9-4-3-5-17-13(9)23-14(15)16/h3-6,14H,1-2H3,(H,18,20)(H,19,21). The molecule has 6 nitrogen and oxygen atoms in total. The van der Waals surface area contributed by atoms with E-state index in [0.29, 0.717) is 11.5 Å². The molecule has 0 aliphatic heterocycles. The van der Waals surface area contributed by atoms with Crippen molar-refractivity contribution in [1.82, 2.24) is 15.8 Å².